The van der Waals surface area contributed by atoms with Crippen LogP contribution in [0.1, 0.15) is 20.3 Å². The molecule has 0 aromatic rings. The van der Waals surface area contributed by atoms with Gasteiger partial charge in [-0.3, -0.25) is 0 Å². The van der Waals surface area contributed by atoms with Gasteiger partial charge in [0.1, 0.15) is 6.29 Å². The summed E-state index contributed by atoms with van der Waals surface area (Å²) in [6, 6.07) is 0.0248. The minimum Gasteiger partial charge on any atom is -0.371 e. The highest BCUT2D eigenvalue weighted by Crippen LogP contribution is 2.38. The number of hydrogen-bond acceptors (Lipinski definition) is 3. The van der Waals surface area contributed by atoms with Gasteiger partial charge in [0, 0.05) is 12.5 Å². The van der Waals surface area contributed by atoms with E-state index in [0.717, 1.165) is 19.3 Å². The van der Waals surface area contributed by atoms with Crippen molar-refractivity contribution in [2.75, 3.05) is 6.54 Å². The van der Waals surface area contributed by atoms with Crippen LogP contribution in [0.4, 0.5) is 0 Å². The van der Waals surface area contributed by atoms with Crippen LogP contribution in [-0.4, -0.2) is 30.6 Å². The zero-order valence-electron chi connectivity index (χ0n) is 7.54. The van der Waals surface area contributed by atoms with Crippen LogP contribution >= 0.6 is 0 Å². The van der Waals surface area contributed by atoms with E-state index in [1.54, 1.807) is 0 Å². The first-order valence-electron chi connectivity index (χ1n) is 4.49. The maximum atomic E-state index is 10.6. The molecular weight excluding hydrogens is 154 g/mol. The van der Waals surface area contributed by atoms with Crippen molar-refractivity contribution < 1.29 is 9.53 Å². The summed E-state index contributed by atoms with van der Waals surface area (Å²) in [4.78, 5) is 10.6. The van der Waals surface area contributed by atoms with Crippen molar-refractivity contribution in [3.05, 3.63) is 0 Å². The molecule has 0 radical (unpaired) electrons. The number of carbonyl (C=O) groups is 1. The lowest BCUT2D eigenvalue weighted by Crippen LogP contribution is -2.31. The highest BCUT2D eigenvalue weighted by molar-refractivity contribution is 5.59. The summed E-state index contributed by atoms with van der Waals surface area (Å²) < 4.78 is 5.78. The van der Waals surface area contributed by atoms with Crippen molar-refractivity contribution in [2.24, 2.45) is 5.92 Å². The topological polar surface area (TPSA) is 38.3 Å². The first-order valence-corrected chi connectivity index (χ1v) is 4.49. The normalized spacial score (nSPS) is 44.3. The monoisotopic (exact) mass is 169 g/mol. The third-order valence-corrected chi connectivity index (χ3v) is 2.84. The van der Waals surface area contributed by atoms with Gasteiger partial charge in [-0.25, -0.2) is 0 Å². The number of hydrogen-bond donors (Lipinski definition) is 1. The number of carbonyl (C=O) groups excluding carboxylic acids is 1. The van der Waals surface area contributed by atoms with Crippen molar-refractivity contribution in [2.45, 2.75) is 38.0 Å². The highest BCUT2D eigenvalue weighted by Gasteiger charge is 2.47. The van der Waals surface area contributed by atoms with Crippen LogP contribution in [-0.2, 0) is 9.53 Å². The molecular formula is C9H15NO2. The fraction of sp³-hybridized carbons (Fsp3) is 0.889. The Morgan fingerprint density at radius 3 is 3.00 bits per heavy atom. The third-order valence-electron chi connectivity index (χ3n) is 2.84. The number of aldehydes is 1. The van der Waals surface area contributed by atoms with Gasteiger partial charge in [-0.1, -0.05) is 0 Å². The second kappa shape index (κ2) is 2.54. The van der Waals surface area contributed by atoms with Gasteiger partial charge in [0.25, 0.3) is 0 Å². The van der Waals surface area contributed by atoms with E-state index in [-0.39, 0.29) is 17.7 Å². The molecule has 1 unspecified atom stereocenters. The molecule has 0 amide bonds. The molecule has 3 nitrogen and oxygen atoms in total. The standard InChI is InChI=1S/C9H15NO2/c1-9(2)3-6-7(5-11)10-4-8(6)12-9/h5-8,10H,3-4H2,1-2H3/t6?,7-,8+/m1/s1. The molecule has 0 bridgehead atoms. The van der Waals surface area contributed by atoms with E-state index >= 15 is 0 Å². The number of ether oxygens (including phenoxy) is 1. The molecule has 12 heavy (non-hydrogen) atoms. The van der Waals surface area contributed by atoms with Crippen LogP contribution < -0.4 is 5.32 Å². The summed E-state index contributed by atoms with van der Waals surface area (Å²) in [5.74, 6) is 0.400. The molecule has 0 saturated carbocycles. The van der Waals surface area contributed by atoms with Crippen LogP contribution in [0.2, 0.25) is 0 Å². The molecule has 2 rings (SSSR count). The Hall–Kier alpha value is -0.410. The van der Waals surface area contributed by atoms with E-state index in [1.165, 1.54) is 0 Å². The first-order chi connectivity index (χ1) is 5.62. The summed E-state index contributed by atoms with van der Waals surface area (Å²) in [6.45, 7) is 5.01. The maximum absolute atomic E-state index is 10.6. The van der Waals surface area contributed by atoms with Gasteiger partial charge in [-0.05, 0) is 20.3 Å². The van der Waals surface area contributed by atoms with Crippen LogP contribution in [0, 0.1) is 5.92 Å². The van der Waals surface area contributed by atoms with Crippen molar-refractivity contribution in [1.29, 1.82) is 0 Å². The molecule has 2 saturated heterocycles. The summed E-state index contributed by atoms with van der Waals surface area (Å²) in [5, 5.41) is 3.15. The van der Waals surface area contributed by atoms with E-state index in [9.17, 15) is 4.79 Å². The lowest BCUT2D eigenvalue weighted by atomic mass is 9.91. The van der Waals surface area contributed by atoms with E-state index in [2.05, 4.69) is 19.2 Å². The third kappa shape index (κ3) is 1.17. The van der Waals surface area contributed by atoms with Crippen molar-refractivity contribution in [3.8, 4) is 0 Å². The first kappa shape index (κ1) is 8.20. The molecule has 68 valence electrons. The summed E-state index contributed by atoms with van der Waals surface area (Å²) in [7, 11) is 0. The number of nitrogens with one attached hydrogen (secondary N) is 1. The van der Waals surface area contributed by atoms with Gasteiger partial charge < -0.3 is 14.8 Å². The largest absolute Gasteiger partial charge is 0.371 e. The van der Waals surface area contributed by atoms with Gasteiger partial charge in [0.15, 0.2) is 0 Å². The second-order valence-electron chi connectivity index (χ2n) is 4.35. The molecule has 3 heteroatoms. The molecule has 3 atom stereocenters. The average molecular weight is 169 g/mol. The fourth-order valence-electron chi connectivity index (χ4n) is 2.35. The lowest BCUT2D eigenvalue weighted by Gasteiger charge is -2.19. The Balaban J connectivity index is 2.11. The smallest absolute Gasteiger partial charge is 0.137 e. The molecule has 2 aliphatic heterocycles. The second-order valence-corrected chi connectivity index (χ2v) is 4.35. The Morgan fingerprint density at radius 1 is 1.58 bits per heavy atom. The molecule has 0 aromatic carbocycles. The SMILES string of the molecule is CC1(C)CC2[C@H](CN[C@@H]2C=O)O1. The van der Waals surface area contributed by atoms with Crippen LogP contribution in [0.3, 0.4) is 0 Å². The molecule has 2 aliphatic rings. The van der Waals surface area contributed by atoms with E-state index in [0.29, 0.717) is 5.92 Å². The van der Waals surface area contributed by atoms with E-state index in [1.807, 2.05) is 0 Å². The van der Waals surface area contributed by atoms with Gasteiger partial charge in [-0.15, -0.1) is 0 Å². The van der Waals surface area contributed by atoms with E-state index in [4.69, 9.17) is 4.74 Å². The van der Waals surface area contributed by atoms with Crippen molar-refractivity contribution in [3.63, 3.8) is 0 Å². The number of rotatable bonds is 1. The Kier molecular flexibility index (Phi) is 1.73. The van der Waals surface area contributed by atoms with Crippen molar-refractivity contribution in [1.82, 2.24) is 5.32 Å². The molecule has 2 fully saturated rings. The van der Waals surface area contributed by atoms with Crippen LogP contribution in [0.15, 0.2) is 0 Å². The van der Waals surface area contributed by atoms with Crippen LogP contribution in [0.5, 0.6) is 0 Å². The molecule has 0 aromatic heterocycles. The predicted octanol–water partition coefficient (Wildman–Crippen LogP) is 0.341. The quantitative estimate of drug-likeness (QED) is 0.575. The summed E-state index contributed by atoms with van der Waals surface area (Å²) in [6.07, 6.45) is 2.26. The van der Waals surface area contributed by atoms with Gasteiger partial charge in [-0.2, -0.15) is 0 Å². The van der Waals surface area contributed by atoms with Crippen molar-refractivity contribution >= 4 is 6.29 Å². The maximum Gasteiger partial charge on any atom is 0.137 e. The number of fused-ring (bicyclic) bond motifs is 1. The molecule has 0 spiro atoms. The lowest BCUT2D eigenvalue weighted by molar-refractivity contribution is -0.110. The van der Waals surface area contributed by atoms with Crippen LogP contribution in [0.25, 0.3) is 0 Å². The Bertz CT molecular complexity index is 203. The minimum atomic E-state index is -0.0291. The predicted molar refractivity (Wildman–Crippen MR) is 44.9 cm³/mol. The minimum absolute atomic E-state index is 0.0248. The molecule has 1 N–H and O–H groups in total. The van der Waals surface area contributed by atoms with Gasteiger partial charge >= 0.3 is 0 Å². The Labute approximate surface area is 72.5 Å². The molecule has 2 heterocycles. The molecule has 0 aliphatic carbocycles. The zero-order chi connectivity index (χ0) is 8.77. The fourth-order valence-corrected chi connectivity index (χ4v) is 2.35. The average Bonchev–Trinajstić information content (AvgIpc) is 2.42. The zero-order valence-corrected chi connectivity index (χ0v) is 7.54. The summed E-state index contributed by atoms with van der Waals surface area (Å²) >= 11 is 0. The highest BCUT2D eigenvalue weighted by atomic mass is 16.5. The van der Waals surface area contributed by atoms with Gasteiger partial charge in [0.2, 0.25) is 0 Å². The Morgan fingerprint density at radius 2 is 2.33 bits per heavy atom. The van der Waals surface area contributed by atoms with E-state index < -0.39 is 0 Å². The van der Waals surface area contributed by atoms with Gasteiger partial charge in [0.05, 0.1) is 17.7 Å². The summed E-state index contributed by atoms with van der Waals surface area (Å²) in [5.41, 5.74) is -0.0291.